The van der Waals surface area contributed by atoms with Gasteiger partial charge in [-0.05, 0) is 63.4 Å². The lowest BCUT2D eigenvalue weighted by atomic mass is 9.96. The summed E-state index contributed by atoms with van der Waals surface area (Å²) in [7, 11) is -1.83. The van der Waals surface area contributed by atoms with Crippen LogP contribution < -0.4 is 5.32 Å². The molecule has 2 atom stereocenters. The maximum absolute atomic E-state index is 13.4. The Hall–Kier alpha value is -2.64. The van der Waals surface area contributed by atoms with Crippen LogP contribution >= 0.6 is 0 Å². The zero-order valence-corrected chi connectivity index (χ0v) is 19.6. The molecule has 2 unspecified atom stereocenters. The standard InChI is InChI=1S/C25H28N2O4S/c1-25(2,3)31-24(28)18-13-17(32(29,30)16-8-6-5-7-9-16)14-21-22(18)23-19-11-10-15(26-19)12-20(23)27(21)4/h5-9,13-15,19,26H,10-12H2,1-4H3. The monoisotopic (exact) mass is 452 g/mol. The van der Waals surface area contributed by atoms with Crippen LogP contribution in [0.1, 0.15) is 61.3 Å². The smallest absolute Gasteiger partial charge is 0.339 e. The van der Waals surface area contributed by atoms with Crippen molar-refractivity contribution < 1.29 is 17.9 Å². The van der Waals surface area contributed by atoms with E-state index in [1.165, 1.54) is 11.8 Å². The van der Waals surface area contributed by atoms with Crippen molar-refractivity contribution >= 4 is 26.7 Å². The molecule has 2 aliphatic heterocycles. The highest BCUT2D eigenvalue weighted by Gasteiger charge is 2.38. The highest BCUT2D eigenvalue weighted by Crippen LogP contribution is 2.44. The van der Waals surface area contributed by atoms with Gasteiger partial charge in [0.15, 0.2) is 0 Å². The predicted octanol–water partition coefficient (Wildman–Crippen LogP) is 4.32. The van der Waals surface area contributed by atoms with Crippen molar-refractivity contribution in [1.82, 2.24) is 9.88 Å². The minimum atomic E-state index is -3.80. The molecule has 168 valence electrons. The molecule has 1 saturated heterocycles. The molecule has 1 fully saturated rings. The zero-order valence-electron chi connectivity index (χ0n) is 18.8. The van der Waals surface area contributed by atoms with Gasteiger partial charge in [0.1, 0.15) is 5.60 Å². The van der Waals surface area contributed by atoms with Crippen LogP contribution in [0.15, 0.2) is 52.3 Å². The topological polar surface area (TPSA) is 77.4 Å². The Morgan fingerprint density at radius 1 is 1.09 bits per heavy atom. The van der Waals surface area contributed by atoms with Crippen molar-refractivity contribution in [3.8, 4) is 0 Å². The summed E-state index contributed by atoms with van der Waals surface area (Å²) in [6.07, 6.45) is 2.98. The molecule has 0 spiro atoms. The fourth-order valence-electron chi connectivity index (χ4n) is 5.07. The Morgan fingerprint density at radius 2 is 1.81 bits per heavy atom. The molecule has 32 heavy (non-hydrogen) atoms. The van der Waals surface area contributed by atoms with Gasteiger partial charge in [-0.3, -0.25) is 0 Å². The third-order valence-electron chi connectivity index (χ3n) is 6.45. The Kier molecular flexibility index (Phi) is 4.76. The van der Waals surface area contributed by atoms with E-state index in [4.69, 9.17) is 4.74 Å². The summed E-state index contributed by atoms with van der Waals surface area (Å²) in [4.78, 5) is 13.7. The second kappa shape index (κ2) is 7.18. The van der Waals surface area contributed by atoms with Crippen molar-refractivity contribution in [2.24, 2.45) is 7.05 Å². The summed E-state index contributed by atoms with van der Waals surface area (Å²) in [5.41, 5.74) is 2.66. The van der Waals surface area contributed by atoms with Crippen molar-refractivity contribution in [3.63, 3.8) is 0 Å². The first-order valence-corrected chi connectivity index (χ1v) is 12.5. The molecule has 0 amide bonds. The van der Waals surface area contributed by atoms with E-state index in [1.807, 2.05) is 27.8 Å². The molecular formula is C25H28N2O4S. The van der Waals surface area contributed by atoms with Gasteiger partial charge in [-0.25, -0.2) is 13.2 Å². The summed E-state index contributed by atoms with van der Waals surface area (Å²) in [5, 5.41) is 4.46. The SMILES string of the molecule is Cn1c2c(c3c(C(=O)OC(C)(C)C)cc(S(=O)(=O)c4ccccc4)cc31)C1CCC(C2)N1. The first kappa shape index (κ1) is 21.2. The van der Waals surface area contributed by atoms with Gasteiger partial charge in [0.25, 0.3) is 0 Å². The number of carbonyl (C=O) groups is 1. The summed E-state index contributed by atoms with van der Waals surface area (Å²) >= 11 is 0. The number of hydrogen-bond donors (Lipinski definition) is 1. The number of fused-ring (bicyclic) bond motifs is 6. The highest BCUT2D eigenvalue weighted by atomic mass is 32.2. The predicted molar refractivity (Wildman–Crippen MR) is 123 cm³/mol. The number of esters is 1. The molecule has 3 aromatic rings. The van der Waals surface area contributed by atoms with E-state index < -0.39 is 21.4 Å². The highest BCUT2D eigenvalue weighted by molar-refractivity contribution is 7.91. The number of nitrogens with one attached hydrogen (secondary N) is 1. The summed E-state index contributed by atoms with van der Waals surface area (Å²) in [6, 6.07) is 12.1. The molecule has 3 heterocycles. The maximum atomic E-state index is 13.4. The number of ether oxygens (including phenoxy) is 1. The van der Waals surface area contributed by atoms with Crippen LogP contribution in [-0.4, -0.2) is 30.6 Å². The van der Waals surface area contributed by atoms with Gasteiger partial charge in [-0.1, -0.05) is 18.2 Å². The third kappa shape index (κ3) is 3.35. The van der Waals surface area contributed by atoms with Gasteiger partial charge in [0.2, 0.25) is 9.84 Å². The maximum Gasteiger partial charge on any atom is 0.339 e. The molecular weight excluding hydrogens is 424 g/mol. The van der Waals surface area contributed by atoms with Gasteiger partial charge in [-0.15, -0.1) is 0 Å². The van der Waals surface area contributed by atoms with Crippen LogP contribution in [0.5, 0.6) is 0 Å². The number of carbonyl (C=O) groups excluding carboxylic acids is 1. The average molecular weight is 453 g/mol. The lowest BCUT2D eigenvalue weighted by Crippen LogP contribution is -2.32. The van der Waals surface area contributed by atoms with Crippen LogP contribution in [0.4, 0.5) is 0 Å². The second-order valence-corrected chi connectivity index (χ2v) is 11.8. The average Bonchev–Trinajstić information content (AvgIpc) is 3.25. The molecule has 5 rings (SSSR count). The second-order valence-electron chi connectivity index (χ2n) is 9.80. The largest absolute Gasteiger partial charge is 0.456 e. The van der Waals surface area contributed by atoms with Gasteiger partial charge < -0.3 is 14.6 Å². The number of sulfone groups is 1. The van der Waals surface area contributed by atoms with E-state index >= 15 is 0 Å². The molecule has 0 saturated carbocycles. The number of benzene rings is 2. The molecule has 2 aromatic carbocycles. The van der Waals surface area contributed by atoms with E-state index in [0.717, 1.165) is 35.7 Å². The minimum absolute atomic E-state index is 0.105. The van der Waals surface area contributed by atoms with Crippen LogP contribution in [-0.2, 0) is 28.0 Å². The molecule has 2 aliphatic rings. The van der Waals surface area contributed by atoms with Gasteiger partial charge in [0.05, 0.1) is 20.9 Å². The van der Waals surface area contributed by atoms with E-state index in [0.29, 0.717) is 11.6 Å². The molecule has 0 aliphatic carbocycles. The van der Waals surface area contributed by atoms with Crippen molar-refractivity contribution in [3.05, 3.63) is 59.3 Å². The fraction of sp³-hybridized carbons (Fsp3) is 0.400. The molecule has 1 aromatic heterocycles. The summed E-state index contributed by atoms with van der Waals surface area (Å²) < 4.78 is 34.7. The Bertz CT molecular complexity index is 1330. The van der Waals surface area contributed by atoms with Crippen LogP contribution in [0.2, 0.25) is 0 Å². The number of aromatic nitrogens is 1. The molecule has 7 heteroatoms. The van der Waals surface area contributed by atoms with Crippen molar-refractivity contribution in [2.45, 2.75) is 67.5 Å². The molecule has 0 radical (unpaired) electrons. The number of nitrogens with zero attached hydrogens (tertiary/aromatic N) is 1. The summed E-state index contributed by atoms with van der Waals surface area (Å²) in [5.74, 6) is -0.499. The van der Waals surface area contributed by atoms with Gasteiger partial charge in [0, 0.05) is 36.6 Å². The van der Waals surface area contributed by atoms with Gasteiger partial charge >= 0.3 is 5.97 Å². The number of hydrogen-bond acceptors (Lipinski definition) is 5. The fourth-order valence-corrected chi connectivity index (χ4v) is 6.39. The Labute approximate surface area is 188 Å². The third-order valence-corrected chi connectivity index (χ3v) is 8.20. The van der Waals surface area contributed by atoms with E-state index in [2.05, 4.69) is 9.88 Å². The normalized spacial score (nSPS) is 20.4. The molecule has 1 N–H and O–H groups in total. The molecule has 2 bridgehead atoms. The summed E-state index contributed by atoms with van der Waals surface area (Å²) in [6.45, 7) is 5.45. The lowest BCUT2D eigenvalue weighted by molar-refractivity contribution is 0.00715. The number of aryl methyl sites for hydroxylation is 1. The minimum Gasteiger partial charge on any atom is -0.456 e. The van der Waals surface area contributed by atoms with Crippen LogP contribution in [0.3, 0.4) is 0 Å². The lowest BCUT2D eigenvalue weighted by Gasteiger charge is -2.24. The molecule has 6 nitrogen and oxygen atoms in total. The van der Waals surface area contributed by atoms with Gasteiger partial charge in [-0.2, -0.15) is 0 Å². The first-order chi connectivity index (χ1) is 15.1. The van der Waals surface area contributed by atoms with Crippen LogP contribution in [0.25, 0.3) is 10.9 Å². The zero-order chi connectivity index (χ0) is 22.8. The quantitative estimate of drug-likeness (QED) is 0.599. The first-order valence-electron chi connectivity index (χ1n) is 11.0. The Balaban J connectivity index is 1.79. The van der Waals surface area contributed by atoms with Crippen molar-refractivity contribution in [1.29, 1.82) is 0 Å². The van der Waals surface area contributed by atoms with E-state index in [1.54, 1.807) is 36.4 Å². The van der Waals surface area contributed by atoms with E-state index in [9.17, 15) is 13.2 Å². The van der Waals surface area contributed by atoms with E-state index in [-0.39, 0.29) is 15.8 Å². The van der Waals surface area contributed by atoms with Crippen LogP contribution in [0, 0.1) is 0 Å². The van der Waals surface area contributed by atoms with Crippen molar-refractivity contribution in [2.75, 3.05) is 0 Å². The Morgan fingerprint density at radius 3 is 2.50 bits per heavy atom. The number of rotatable bonds is 3.